The fraction of sp³-hybridized carbons (Fsp3) is 0.417. The normalized spacial score (nSPS) is 15.0. The van der Waals surface area contributed by atoms with E-state index in [1.165, 1.54) is 18.5 Å². The maximum absolute atomic E-state index is 13.5. The second kappa shape index (κ2) is 11.0. The van der Waals surface area contributed by atoms with E-state index in [9.17, 15) is 4.39 Å². The first-order valence-corrected chi connectivity index (χ1v) is 11.5. The van der Waals surface area contributed by atoms with E-state index in [0.29, 0.717) is 28.5 Å². The molecule has 1 aliphatic rings. The van der Waals surface area contributed by atoms with Gasteiger partial charge in [-0.25, -0.2) is 14.4 Å². The van der Waals surface area contributed by atoms with Gasteiger partial charge in [0.25, 0.3) is 0 Å². The van der Waals surface area contributed by atoms with Crippen molar-refractivity contribution in [1.29, 1.82) is 0 Å². The number of hydrogen-bond donors (Lipinski definition) is 2. The molecule has 7 nitrogen and oxygen atoms in total. The van der Waals surface area contributed by atoms with Crippen LogP contribution in [0.25, 0.3) is 10.9 Å². The van der Waals surface area contributed by atoms with Crippen LogP contribution >= 0.6 is 11.6 Å². The van der Waals surface area contributed by atoms with E-state index in [2.05, 4.69) is 25.5 Å². The number of piperidine rings is 1. The molecule has 0 amide bonds. The summed E-state index contributed by atoms with van der Waals surface area (Å²) in [6.07, 6.45) is 4.67. The molecular weight excluding hydrogens is 445 g/mol. The lowest BCUT2D eigenvalue weighted by molar-refractivity contribution is 0.0976. The number of likely N-dealkylation sites (tertiary alicyclic amines) is 1. The first kappa shape index (κ1) is 23.5. The van der Waals surface area contributed by atoms with Crippen LogP contribution in [-0.2, 0) is 0 Å². The van der Waals surface area contributed by atoms with E-state index < -0.39 is 5.82 Å². The van der Waals surface area contributed by atoms with Gasteiger partial charge < -0.3 is 25.0 Å². The van der Waals surface area contributed by atoms with Crippen LogP contribution in [0.5, 0.6) is 11.5 Å². The molecule has 0 radical (unpaired) electrons. The van der Waals surface area contributed by atoms with Crippen molar-refractivity contribution in [2.24, 2.45) is 0 Å². The molecule has 0 atom stereocenters. The van der Waals surface area contributed by atoms with Crippen molar-refractivity contribution in [2.75, 3.05) is 45.7 Å². The molecule has 3 aromatic rings. The van der Waals surface area contributed by atoms with Gasteiger partial charge in [-0.3, -0.25) is 0 Å². The van der Waals surface area contributed by atoms with E-state index in [1.807, 2.05) is 19.2 Å². The van der Waals surface area contributed by atoms with Crippen LogP contribution in [0.1, 0.15) is 19.3 Å². The number of nitrogens with one attached hydrogen (secondary N) is 2. The fourth-order valence-corrected chi connectivity index (χ4v) is 4.22. The van der Waals surface area contributed by atoms with Gasteiger partial charge in [0.15, 0.2) is 11.5 Å². The Morgan fingerprint density at radius 2 is 1.97 bits per heavy atom. The Bertz CT molecular complexity index is 1090. The summed E-state index contributed by atoms with van der Waals surface area (Å²) in [5.41, 5.74) is 1.34. The monoisotopic (exact) mass is 473 g/mol. The molecule has 0 aliphatic carbocycles. The minimum absolute atomic E-state index is 0.0429. The summed E-state index contributed by atoms with van der Waals surface area (Å²) < 4.78 is 25.5. The lowest BCUT2D eigenvalue weighted by Crippen LogP contribution is -2.39. The lowest BCUT2D eigenvalue weighted by atomic mass is 10.1. The van der Waals surface area contributed by atoms with E-state index >= 15 is 0 Å². The smallest absolute Gasteiger partial charge is 0.162 e. The van der Waals surface area contributed by atoms with Crippen LogP contribution < -0.4 is 20.1 Å². The molecule has 1 aliphatic heterocycles. The molecule has 1 fully saturated rings. The molecule has 0 bridgehead atoms. The molecule has 0 unspecified atom stereocenters. The Morgan fingerprint density at radius 1 is 1.15 bits per heavy atom. The summed E-state index contributed by atoms with van der Waals surface area (Å²) in [7, 11) is 3.61. The summed E-state index contributed by atoms with van der Waals surface area (Å²) in [5, 5.41) is 7.22. The number of halogens is 2. The summed E-state index contributed by atoms with van der Waals surface area (Å²) in [6, 6.07) is 8.20. The predicted molar refractivity (Wildman–Crippen MR) is 129 cm³/mol. The lowest BCUT2D eigenvalue weighted by Gasteiger charge is -2.32. The van der Waals surface area contributed by atoms with Crippen molar-refractivity contribution in [3.8, 4) is 11.5 Å². The van der Waals surface area contributed by atoms with Crippen LogP contribution in [0.15, 0.2) is 36.7 Å². The quantitative estimate of drug-likeness (QED) is 0.439. The highest BCUT2D eigenvalue weighted by Gasteiger charge is 2.22. The van der Waals surface area contributed by atoms with Gasteiger partial charge in [-0.15, -0.1) is 0 Å². The topological polar surface area (TPSA) is 71.5 Å². The molecule has 4 rings (SSSR count). The predicted octanol–water partition coefficient (Wildman–Crippen LogP) is 4.63. The third kappa shape index (κ3) is 5.82. The second-order valence-corrected chi connectivity index (χ2v) is 8.52. The number of hydrogen-bond acceptors (Lipinski definition) is 7. The van der Waals surface area contributed by atoms with Crippen LogP contribution in [0, 0.1) is 5.82 Å². The number of rotatable bonds is 9. The number of fused-ring (bicyclic) bond motifs is 1. The third-order valence-corrected chi connectivity index (χ3v) is 6.12. The van der Waals surface area contributed by atoms with Crippen molar-refractivity contribution < 1.29 is 13.9 Å². The van der Waals surface area contributed by atoms with Crippen LogP contribution in [-0.4, -0.2) is 61.3 Å². The van der Waals surface area contributed by atoms with E-state index in [4.69, 9.17) is 21.1 Å². The fourth-order valence-electron chi connectivity index (χ4n) is 4.04. The molecule has 0 spiro atoms. The Balaban J connectivity index is 1.52. The molecule has 176 valence electrons. The zero-order valence-corrected chi connectivity index (χ0v) is 19.7. The number of ether oxygens (including phenoxy) is 2. The average molecular weight is 474 g/mol. The van der Waals surface area contributed by atoms with Crippen LogP contribution in [0.3, 0.4) is 0 Å². The summed E-state index contributed by atoms with van der Waals surface area (Å²) >= 11 is 5.93. The minimum Gasteiger partial charge on any atom is -0.493 e. The second-order valence-electron chi connectivity index (χ2n) is 8.11. The van der Waals surface area contributed by atoms with Crippen molar-refractivity contribution in [1.82, 2.24) is 20.2 Å². The van der Waals surface area contributed by atoms with Crippen LogP contribution in [0.2, 0.25) is 5.02 Å². The highest BCUT2D eigenvalue weighted by molar-refractivity contribution is 6.31. The molecule has 1 aromatic heterocycles. The van der Waals surface area contributed by atoms with Gasteiger partial charge in [0, 0.05) is 30.2 Å². The first-order valence-electron chi connectivity index (χ1n) is 11.2. The van der Waals surface area contributed by atoms with E-state index in [-0.39, 0.29) is 11.1 Å². The Labute approximate surface area is 198 Å². The van der Waals surface area contributed by atoms with E-state index in [1.54, 1.807) is 13.2 Å². The zero-order chi connectivity index (χ0) is 23.2. The molecule has 2 N–H and O–H groups in total. The molecule has 0 saturated carbocycles. The minimum atomic E-state index is -0.469. The van der Waals surface area contributed by atoms with Gasteiger partial charge in [0.05, 0.1) is 17.6 Å². The third-order valence-electron chi connectivity index (χ3n) is 5.83. The van der Waals surface area contributed by atoms with Crippen molar-refractivity contribution in [2.45, 2.75) is 25.4 Å². The summed E-state index contributed by atoms with van der Waals surface area (Å²) in [6.45, 7) is 4.18. The zero-order valence-electron chi connectivity index (χ0n) is 18.9. The van der Waals surface area contributed by atoms with Gasteiger partial charge in [-0.2, -0.15) is 0 Å². The highest BCUT2D eigenvalue weighted by Crippen LogP contribution is 2.36. The van der Waals surface area contributed by atoms with Crippen molar-refractivity contribution in [3.63, 3.8) is 0 Å². The molecule has 1 saturated heterocycles. The first-order chi connectivity index (χ1) is 16.1. The van der Waals surface area contributed by atoms with Gasteiger partial charge >= 0.3 is 0 Å². The Hall–Kier alpha value is -2.68. The average Bonchev–Trinajstić information content (AvgIpc) is 2.83. The number of methoxy groups -OCH3 is 1. The molecule has 2 aromatic carbocycles. The SMILES string of the molecule is CNCCCN1CCC(Oc2cc3c(Nc4ccc(F)c(Cl)c4)ncnc3cc2OC)CC1. The largest absolute Gasteiger partial charge is 0.493 e. The molecule has 2 heterocycles. The number of aromatic nitrogens is 2. The maximum Gasteiger partial charge on any atom is 0.162 e. The van der Waals surface area contributed by atoms with Crippen LogP contribution in [0.4, 0.5) is 15.9 Å². The van der Waals surface area contributed by atoms with E-state index in [0.717, 1.165) is 50.8 Å². The van der Waals surface area contributed by atoms with Gasteiger partial charge in [-0.1, -0.05) is 11.6 Å². The van der Waals surface area contributed by atoms with Crippen molar-refractivity contribution >= 4 is 34.0 Å². The van der Waals surface area contributed by atoms with Gasteiger partial charge in [0.2, 0.25) is 0 Å². The Morgan fingerprint density at radius 3 is 2.70 bits per heavy atom. The van der Waals surface area contributed by atoms with Gasteiger partial charge in [-0.05, 0) is 63.7 Å². The summed E-state index contributed by atoms with van der Waals surface area (Å²) in [4.78, 5) is 11.2. The summed E-state index contributed by atoms with van der Waals surface area (Å²) in [5.74, 6) is 1.40. The maximum atomic E-state index is 13.5. The molecular formula is C24H29ClFN5O2. The number of anilines is 2. The Kier molecular flexibility index (Phi) is 7.80. The highest BCUT2D eigenvalue weighted by atomic mass is 35.5. The molecule has 9 heteroatoms. The van der Waals surface area contributed by atoms with Crippen molar-refractivity contribution in [3.05, 3.63) is 47.5 Å². The number of benzene rings is 2. The number of nitrogens with zero attached hydrogens (tertiary/aromatic N) is 3. The van der Waals surface area contributed by atoms with Gasteiger partial charge in [0.1, 0.15) is 24.1 Å². The standard InChI is InChI=1S/C24H29ClFN5O2/c1-27-8-3-9-31-10-6-17(7-11-31)33-23-13-18-21(14-22(23)32-2)28-15-29-24(18)30-16-4-5-20(26)19(25)12-16/h4-5,12-15,17,27H,3,6-11H2,1-2H3,(H,28,29,30). The molecule has 33 heavy (non-hydrogen) atoms.